The highest BCUT2D eigenvalue weighted by Crippen LogP contribution is 2.34. The third kappa shape index (κ3) is 6.14. The molecule has 0 saturated carbocycles. The van der Waals surface area contributed by atoms with Crippen molar-refractivity contribution >= 4 is 11.8 Å². The van der Waals surface area contributed by atoms with Crippen molar-refractivity contribution < 1.29 is 14.3 Å². The van der Waals surface area contributed by atoms with Gasteiger partial charge in [-0.05, 0) is 23.8 Å². The minimum absolute atomic E-state index is 0.0698. The molecule has 158 valence electrons. The molecule has 0 radical (unpaired) electrons. The quantitative estimate of drug-likeness (QED) is 0.548. The van der Waals surface area contributed by atoms with E-state index in [9.17, 15) is 14.9 Å². The number of esters is 1. The van der Waals surface area contributed by atoms with Crippen LogP contribution in [0.15, 0.2) is 30.3 Å². The molecular weight excluding hydrogens is 364 g/mol. The lowest BCUT2D eigenvalue weighted by atomic mass is 9.89. The molecule has 1 aromatic carbocycles. The topological polar surface area (TPSA) is 70.4 Å². The number of carbonyl (C=O) groups is 2. The first-order chi connectivity index (χ1) is 13.9. The monoisotopic (exact) mass is 398 g/mol. The van der Waals surface area contributed by atoms with Crippen molar-refractivity contribution in [1.82, 2.24) is 4.90 Å². The molecule has 1 fully saturated rings. The number of likely N-dealkylation sites (tertiary alicyclic amines) is 1. The second-order valence-electron chi connectivity index (χ2n) is 8.47. The molecule has 3 atom stereocenters. The summed E-state index contributed by atoms with van der Waals surface area (Å²) in [5.41, 5.74) is 1.02. The first-order valence-electron chi connectivity index (χ1n) is 10.8. The molecule has 1 aromatic rings. The Balaban J connectivity index is 2.29. The Labute approximate surface area is 175 Å². The number of benzene rings is 1. The number of nitriles is 1. The lowest BCUT2D eigenvalue weighted by Crippen LogP contribution is -2.46. The van der Waals surface area contributed by atoms with Crippen LogP contribution in [0.2, 0.25) is 0 Å². The fraction of sp³-hybridized carbons (Fsp3) is 0.625. The number of rotatable bonds is 10. The van der Waals surface area contributed by atoms with Gasteiger partial charge >= 0.3 is 5.97 Å². The van der Waals surface area contributed by atoms with Gasteiger partial charge in [0.1, 0.15) is 6.04 Å². The molecule has 5 nitrogen and oxygen atoms in total. The van der Waals surface area contributed by atoms with Gasteiger partial charge in [0.25, 0.3) is 0 Å². The Bertz CT molecular complexity index is 707. The zero-order chi connectivity index (χ0) is 21.4. The minimum Gasteiger partial charge on any atom is -0.464 e. The van der Waals surface area contributed by atoms with Crippen molar-refractivity contribution in [3.05, 3.63) is 35.9 Å². The molecule has 0 amide bonds. The molecule has 1 heterocycles. The van der Waals surface area contributed by atoms with Crippen molar-refractivity contribution in [3.8, 4) is 6.07 Å². The summed E-state index contributed by atoms with van der Waals surface area (Å²) < 4.78 is 5.50. The van der Waals surface area contributed by atoms with E-state index in [1.54, 1.807) is 0 Å². The summed E-state index contributed by atoms with van der Waals surface area (Å²) in [6.07, 6.45) is 2.67. The molecule has 1 saturated heterocycles. The Morgan fingerprint density at radius 2 is 1.86 bits per heavy atom. The van der Waals surface area contributed by atoms with E-state index in [0.717, 1.165) is 18.4 Å². The Morgan fingerprint density at radius 3 is 2.41 bits per heavy atom. The Kier molecular flexibility index (Phi) is 8.85. The lowest BCUT2D eigenvalue weighted by molar-refractivity contribution is -0.151. The van der Waals surface area contributed by atoms with E-state index in [1.165, 1.54) is 0 Å². The van der Waals surface area contributed by atoms with Crippen LogP contribution in [0.5, 0.6) is 0 Å². The highest BCUT2D eigenvalue weighted by atomic mass is 16.5. The summed E-state index contributed by atoms with van der Waals surface area (Å²) in [6, 6.07) is 11.0. The first kappa shape index (κ1) is 23.1. The van der Waals surface area contributed by atoms with Gasteiger partial charge in [0.15, 0.2) is 5.78 Å². The van der Waals surface area contributed by atoms with E-state index in [1.807, 2.05) is 49.1 Å². The SMILES string of the molecule is CCC(CC)CC(=O)C1[C@H](C#N)C[C@H](C(=O)OCC(C)C)N1Cc1ccccc1. The lowest BCUT2D eigenvalue weighted by Gasteiger charge is -2.29. The van der Waals surface area contributed by atoms with Crippen LogP contribution < -0.4 is 0 Å². The molecule has 0 aliphatic carbocycles. The van der Waals surface area contributed by atoms with Gasteiger partial charge in [-0.3, -0.25) is 14.5 Å². The molecule has 0 spiro atoms. The van der Waals surface area contributed by atoms with Gasteiger partial charge in [-0.15, -0.1) is 0 Å². The number of ketones is 1. The summed E-state index contributed by atoms with van der Waals surface area (Å²) in [4.78, 5) is 28.0. The van der Waals surface area contributed by atoms with Crippen molar-refractivity contribution in [1.29, 1.82) is 5.26 Å². The van der Waals surface area contributed by atoms with Gasteiger partial charge in [-0.25, -0.2) is 0 Å². The summed E-state index contributed by atoms with van der Waals surface area (Å²) in [7, 11) is 0. The zero-order valence-electron chi connectivity index (χ0n) is 18.1. The highest BCUT2D eigenvalue weighted by Gasteiger charge is 2.48. The maximum Gasteiger partial charge on any atom is 0.323 e. The third-order valence-corrected chi connectivity index (χ3v) is 5.80. The second-order valence-corrected chi connectivity index (χ2v) is 8.47. The van der Waals surface area contributed by atoms with Gasteiger partial charge in [0.05, 0.1) is 24.6 Å². The fourth-order valence-corrected chi connectivity index (χ4v) is 4.02. The number of carbonyl (C=O) groups excluding carboxylic acids is 2. The molecule has 1 aliphatic heterocycles. The minimum atomic E-state index is -0.561. The number of nitrogens with zero attached hydrogens (tertiary/aromatic N) is 2. The van der Waals surface area contributed by atoms with Gasteiger partial charge < -0.3 is 4.74 Å². The molecule has 29 heavy (non-hydrogen) atoms. The second kappa shape index (κ2) is 11.1. The number of Topliss-reactive ketones (excluding diaryl/α,β-unsaturated/α-hetero) is 1. The van der Waals surface area contributed by atoms with Crippen molar-refractivity contribution in [2.45, 2.75) is 72.0 Å². The van der Waals surface area contributed by atoms with E-state index < -0.39 is 18.0 Å². The van der Waals surface area contributed by atoms with E-state index in [0.29, 0.717) is 31.9 Å². The number of ether oxygens (including phenoxy) is 1. The Hall–Kier alpha value is -2.19. The smallest absolute Gasteiger partial charge is 0.323 e. The summed E-state index contributed by atoms with van der Waals surface area (Å²) >= 11 is 0. The van der Waals surface area contributed by atoms with Gasteiger partial charge in [0.2, 0.25) is 0 Å². The summed E-state index contributed by atoms with van der Waals surface area (Å²) in [5, 5.41) is 9.75. The standard InChI is InChI=1S/C24H34N2O3/c1-5-18(6-2)12-22(27)23-20(14-25)13-21(24(28)29-16-17(3)4)26(23)15-19-10-8-7-9-11-19/h7-11,17-18,20-21,23H,5-6,12-13,15-16H2,1-4H3/t20-,21+,23?/m0/s1. The van der Waals surface area contributed by atoms with E-state index >= 15 is 0 Å². The Morgan fingerprint density at radius 1 is 1.21 bits per heavy atom. The fourth-order valence-electron chi connectivity index (χ4n) is 4.02. The van der Waals surface area contributed by atoms with Crippen molar-refractivity contribution in [2.75, 3.05) is 6.61 Å². The van der Waals surface area contributed by atoms with Gasteiger partial charge in [0, 0.05) is 13.0 Å². The molecule has 0 bridgehead atoms. The van der Waals surface area contributed by atoms with E-state index in [2.05, 4.69) is 19.9 Å². The molecule has 1 unspecified atom stereocenters. The van der Waals surface area contributed by atoms with Crippen LogP contribution >= 0.6 is 0 Å². The summed E-state index contributed by atoms with van der Waals surface area (Å²) in [5.74, 6) is -0.195. The zero-order valence-corrected chi connectivity index (χ0v) is 18.1. The van der Waals surface area contributed by atoms with Crippen LogP contribution in [0, 0.1) is 29.1 Å². The van der Waals surface area contributed by atoms with Crippen LogP contribution in [-0.4, -0.2) is 35.3 Å². The van der Waals surface area contributed by atoms with E-state index in [4.69, 9.17) is 4.74 Å². The molecule has 0 aromatic heterocycles. The predicted octanol–water partition coefficient (Wildman–Crippen LogP) is 4.36. The highest BCUT2D eigenvalue weighted by molar-refractivity contribution is 5.87. The number of hydrogen-bond acceptors (Lipinski definition) is 5. The maximum absolute atomic E-state index is 13.2. The summed E-state index contributed by atoms with van der Waals surface area (Å²) in [6.45, 7) is 8.96. The van der Waals surface area contributed by atoms with Crippen molar-refractivity contribution in [2.24, 2.45) is 17.8 Å². The van der Waals surface area contributed by atoms with E-state index in [-0.39, 0.29) is 17.7 Å². The predicted molar refractivity (Wildman–Crippen MR) is 113 cm³/mol. The number of hydrogen-bond donors (Lipinski definition) is 0. The molecule has 2 rings (SSSR count). The normalized spacial score (nSPS) is 22.0. The van der Waals surface area contributed by atoms with Gasteiger partial charge in [-0.2, -0.15) is 5.26 Å². The van der Waals surface area contributed by atoms with Crippen LogP contribution in [0.4, 0.5) is 0 Å². The van der Waals surface area contributed by atoms with Gasteiger partial charge in [-0.1, -0.05) is 70.9 Å². The first-order valence-corrected chi connectivity index (χ1v) is 10.8. The molecule has 0 N–H and O–H groups in total. The maximum atomic E-state index is 13.2. The van der Waals surface area contributed by atoms with Crippen LogP contribution in [-0.2, 0) is 20.9 Å². The molecule has 1 aliphatic rings. The largest absolute Gasteiger partial charge is 0.464 e. The molecular formula is C24H34N2O3. The third-order valence-electron chi connectivity index (χ3n) is 5.80. The molecule has 5 heteroatoms. The van der Waals surface area contributed by atoms with Crippen LogP contribution in [0.1, 0.15) is 58.9 Å². The average molecular weight is 399 g/mol. The average Bonchev–Trinajstić information content (AvgIpc) is 3.09. The van der Waals surface area contributed by atoms with Crippen LogP contribution in [0.3, 0.4) is 0 Å². The van der Waals surface area contributed by atoms with Crippen molar-refractivity contribution in [3.63, 3.8) is 0 Å². The van der Waals surface area contributed by atoms with Crippen LogP contribution in [0.25, 0.3) is 0 Å².